The van der Waals surface area contributed by atoms with Gasteiger partial charge in [-0.3, -0.25) is 4.79 Å². The van der Waals surface area contributed by atoms with E-state index in [2.05, 4.69) is 5.92 Å². The van der Waals surface area contributed by atoms with Crippen LogP contribution in [0.4, 0.5) is 0 Å². The average Bonchev–Trinajstić information content (AvgIpc) is 2.50. The van der Waals surface area contributed by atoms with Crippen molar-refractivity contribution in [1.29, 1.82) is 5.26 Å². The number of rotatable bonds is 5. The lowest BCUT2D eigenvalue weighted by Crippen LogP contribution is -2.22. The first kappa shape index (κ1) is 16.1. The predicted octanol–water partition coefficient (Wildman–Crippen LogP) is 1.70. The molecule has 108 valence electrons. The zero-order valence-electron chi connectivity index (χ0n) is 12.2. The molecule has 1 amide bonds. The summed E-state index contributed by atoms with van der Waals surface area (Å²) < 4.78 is 10.5. The van der Waals surface area contributed by atoms with Gasteiger partial charge in [-0.15, -0.1) is 6.42 Å². The van der Waals surface area contributed by atoms with Crippen molar-refractivity contribution >= 4 is 12.0 Å². The number of amides is 1. The van der Waals surface area contributed by atoms with Crippen LogP contribution in [0.25, 0.3) is 6.08 Å². The van der Waals surface area contributed by atoms with Gasteiger partial charge in [0.2, 0.25) is 0 Å². The normalized spacial score (nSPS) is 10.2. The molecule has 0 fully saturated rings. The zero-order chi connectivity index (χ0) is 15.8. The lowest BCUT2D eigenvalue weighted by Gasteiger charge is -2.10. The Morgan fingerprint density at radius 1 is 1.43 bits per heavy atom. The number of likely N-dealkylation sites (N-methyl/N-ethyl adjacent to an activating group) is 1. The van der Waals surface area contributed by atoms with Crippen molar-refractivity contribution in [3.8, 4) is 29.9 Å². The predicted molar refractivity (Wildman–Crippen MR) is 79.6 cm³/mol. The smallest absolute Gasteiger partial charge is 0.264 e. The molecular weight excluding hydrogens is 268 g/mol. The molecule has 0 N–H and O–H groups in total. The summed E-state index contributed by atoms with van der Waals surface area (Å²) in [7, 11) is 4.68. The number of nitrogens with zero attached hydrogens (tertiary/aromatic N) is 2. The second-order valence-corrected chi connectivity index (χ2v) is 4.27. The van der Waals surface area contributed by atoms with Crippen LogP contribution in [0.3, 0.4) is 0 Å². The Morgan fingerprint density at radius 3 is 2.67 bits per heavy atom. The summed E-state index contributed by atoms with van der Waals surface area (Å²) in [5.74, 6) is 3.00. The number of ether oxygens (including phenoxy) is 2. The first-order chi connectivity index (χ1) is 10.0. The number of hydrogen-bond acceptors (Lipinski definition) is 4. The van der Waals surface area contributed by atoms with Crippen LogP contribution in [0.2, 0.25) is 0 Å². The quantitative estimate of drug-likeness (QED) is 0.469. The van der Waals surface area contributed by atoms with Crippen LogP contribution in [0.5, 0.6) is 11.5 Å². The van der Waals surface area contributed by atoms with Gasteiger partial charge in [0.1, 0.15) is 18.2 Å². The van der Waals surface area contributed by atoms with E-state index < -0.39 is 0 Å². The summed E-state index contributed by atoms with van der Waals surface area (Å²) in [6.07, 6.45) is 6.64. The maximum Gasteiger partial charge on any atom is 0.264 e. The molecule has 5 nitrogen and oxygen atoms in total. The summed E-state index contributed by atoms with van der Waals surface area (Å²) in [6, 6.07) is 6.96. The van der Waals surface area contributed by atoms with E-state index in [9.17, 15) is 4.79 Å². The van der Waals surface area contributed by atoms with Crippen LogP contribution in [0.15, 0.2) is 23.8 Å². The van der Waals surface area contributed by atoms with Gasteiger partial charge < -0.3 is 14.4 Å². The second kappa shape index (κ2) is 7.62. The minimum absolute atomic E-state index is 0.0411. The van der Waals surface area contributed by atoms with Gasteiger partial charge in [-0.05, 0) is 23.8 Å². The molecular formula is C16H16N2O3. The monoisotopic (exact) mass is 284 g/mol. The molecule has 5 heteroatoms. The highest BCUT2D eigenvalue weighted by Gasteiger charge is 2.12. The SMILES string of the molecule is C#CCOc1ccc(/C=C(/C#N)C(=O)N(C)C)cc1OC. The Labute approximate surface area is 124 Å². The van der Waals surface area contributed by atoms with E-state index in [1.165, 1.54) is 18.1 Å². The Morgan fingerprint density at radius 2 is 2.14 bits per heavy atom. The van der Waals surface area contributed by atoms with Crippen molar-refractivity contribution in [1.82, 2.24) is 4.90 Å². The van der Waals surface area contributed by atoms with E-state index in [-0.39, 0.29) is 18.1 Å². The molecule has 0 atom stereocenters. The third-order valence-electron chi connectivity index (χ3n) is 2.57. The molecule has 1 aromatic carbocycles. The fourth-order valence-electron chi connectivity index (χ4n) is 1.56. The third-order valence-corrected chi connectivity index (χ3v) is 2.57. The lowest BCUT2D eigenvalue weighted by molar-refractivity contribution is -0.124. The van der Waals surface area contributed by atoms with Gasteiger partial charge in [-0.1, -0.05) is 12.0 Å². The van der Waals surface area contributed by atoms with Gasteiger partial charge in [0, 0.05) is 14.1 Å². The largest absolute Gasteiger partial charge is 0.493 e. The summed E-state index contributed by atoms with van der Waals surface area (Å²) in [4.78, 5) is 13.1. The minimum atomic E-state index is -0.357. The molecule has 0 aliphatic heterocycles. The van der Waals surface area contributed by atoms with Crippen molar-refractivity contribution in [2.24, 2.45) is 0 Å². The second-order valence-electron chi connectivity index (χ2n) is 4.27. The summed E-state index contributed by atoms with van der Waals surface area (Å²) in [5, 5.41) is 9.06. The highest BCUT2D eigenvalue weighted by Crippen LogP contribution is 2.28. The van der Waals surface area contributed by atoms with E-state index in [1.807, 2.05) is 6.07 Å². The van der Waals surface area contributed by atoms with Crippen LogP contribution < -0.4 is 9.47 Å². The summed E-state index contributed by atoms with van der Waals surface area (Å²) in [6.45, 7) is 0.133. The fraction of sp³-hybridized carbons (Fsp3) is 0.250. The van der Waals surface area contributed by atoms with Crippen molar-refractivity contribution in [3.63, 3.8) is 0 Å². The molecule has 0 bridgehead atoms. The van der Waals surface area contributed by atoms with Crippen molar-refractivity contribution in [2.75, 3.05) is 27.8 Å². The number of methoxy groups -OCH3 is 1. The van der Waals surface area contributed by atoms with Gasteiger partial charge in [-0.2, -0.15) is 5.26 Å². The number of benzene rings is 1. The number of nitriles is 1. The molecule has 0 heterocycles. The molecule has 0 spiro atoms. The van der Waals surface area contributed by atoms with Gasteiger partial charge in [0.05, 0.1) is 7.11 Å². The van der Waals surface area contributed by atoms with Gasteiger partial charge in [-0.25, -0.2) is 0 Å². The molecule has 0 aromatic heterocycles. The van der Waals surface area contributed by atoms with Crippen LogP contribution in [-0.4, -0.2) is 38.6 Å². The Bertz CT molecular complexity index is 634. The van der Waals surface area contributed by atoms with Gasteiger partial charge in [0.25, 0.3) is 5.91 Å². The van der Waals surface area contributed by atoms with Crippen LogP contribution in [0.1, 0.15) is 5.56 Å². The minimum Gasteiger partial charge on any atom is -0.493 e. The molecule has 21 heavy (non-hydrogen) atoms. The number of hydrogen-bond donors (Lipinski definition) is 0. The maximum absolute atomic E-state index is 11.8. The molecule has 0 aliphatic rings. The van der Waals surface area contributed by atoms with Gasteiger partial charge >= 0.3 is 0 Å². The van der Waals surface area contributed by atoms with E-state index in [0.29, 0.717) is 17.1 Å². The molecule has 0 saturated carbocycles. The molecule has 0 saturated heterocycles. The first-order valence-corrected chi connectivity index (χ1v) is 6.11. The zero-order valence-corrected chi connectivity index (χ0v) is 12.2. The number of terminal acetylenes is 1. The van der Waals surface area contributed by atoms with Crippen molar-refractivity contribution in [2.45, 2.75) is 0 Å². The fourth-order valence-corrected chi connectivity index (χ4v) is 1.56. The average molecular weight is 284 g/mol. The van der Waals surface area contributed by atoms with Crippen LogP contribution in [-0.2, 0) is 4.79 Å². The lowest BCUT2D eigenvalue weighted by atomic mass is 10.1. The van der Waals surface area contributed by atoms with E-state index in [1.54, 1.807) is 32.3 Å². The standard InChI is InChI=1S/C16H16N2O3/c1-5-8-21-14-7-6-12(10-15(14)20-4)9-13(11-17)16(19)18(2)3/h1,6-7,9-10H,8H2,2-4H3/b13-9-. The topological polar surface area (TPSA) is 62.6 Å². The Hall–Kier alpha value is -2.92. The third kappa shape index (κ3) is 4.29. The van der Waals surface area contributed by atoms with E-state index in [0.717, 1.165) is 0 Å². The molecule has 1 rings (SSSR count). The highest BCUT2D eigenvalue weighted by atomic mass is 16.5. The van der Waals surface area contributed by atoms with Crippen molar-refractivity contribution in [3.05, 3.63) is 29.3 Å². The van der Waals surface area contributed by atoms with E-state index >= 15 is 0 Å². The van der Waals surface area contributed by atoms with Crippen LogP contribution in [0, 0.1) is 23.7 Å². The Balaban J connectivity index is 3.12. The highest BCUT2D eigenvalue weighted by molar-refractivity contribution is 6.01. The summed E-state index contributed by atoms with van der Waals surface area (Å²) in [5.41, 5.74) is 0.700. The number of carbonyl (C=O) groups excluding carboxylic acids is 1. The van der Waals surface area contributed by atoms with Gasteiger partial charge in [0.15, 0.2) is 11.5 Å². The van der Waals surface area contributed by atoms with E-state index in [4.69, 9.17) is 21.2 Å². The molecule has 0 unspecified atom stereocenters. The van der Waals surface area contributed by atoms with Crippen molar-refractivity contribution < 1.29 is 14.3 Å². The first-order valence-electron chi connectivity index (χ1n) is 6.11. The maximum atomic E-state index is 11.8. The summed E-state index contributed by atoms with van der Waals surface area (Å²) >= 11 is 0. The molecule has 0 radical (unpaired) electrons. The van der Waals surface area contributed by atoms with Crippen LogP contribution >= 0.6 is 0 Å². The number of carbonyl (C=O) groups is 1. The molecule has 0 aliphatic carbocycles. The Kier molecular flexibility index (Phi) is 5.85. The molecule has 1 aromatic rings.